The summed E-state index contributed by atoms with van der Waals surface area (Å²) in [5.41, 5.74) is 0.652. The average Bonchev–Trinajstić information content (AvgIpc) is 2.92. The van der Waals surface area contributed by atoms with Crippen molar-refractivity contribution in [3.63, 3.8) is 0 Å². The summed E-state index contributed by atoms with van der Waals surface area (Å²) in [6.07, 6.45) is 5.88. The van der Waals surface area contributed by atoms with E-state index in [1.807, 2.05) is 6.92 Å². The van der Waals surface area contributed by atoms with Crippen molar-refractivity contribution in [2.24, 2.45) is 5.92 Å². The first-order valence-corrected chi connectivity index (χ1v) is 8.02. The highest BCUT2D eigenvalue weighted by Crippen LogP contribution is 2.34. The molecule has 3 atom stereocenters. The fourth-order valence-electron chi connectivity index (χ4n) is 3.81. The molecule has 1 saturated heterocycles. The quantitative estimate of drug-likeness (QED) is 0.927. The summed E-state index contributed by atoms with van der Waals surface area (Å²) < 4.78 is 13.4. The lowest BCUT2D eigenvalue weighted by Crippen LogP contribution is -2.45. The van der Waals surface area contributed by atoms with Crippen LogP contribution in [0.1, 0.15) is 39.0 Å². The molecule has 0 aromatic heterocycles. The molecule has 0 spiro atoms. The second-order valence-electron chi connectivity index (χ2n) is 6.17. The van der Waals surface area contributed by atoms with Gasteiger partial charge in [-0.3, -0.25) is 4.79 Å². The maximum Gasteiger partial charge on any atom is 0.244 e. The highest BCUT2D eigenvalue weighted by Gasteiger charge is 2.39. The lowest BCUT2D eigenvalue weighted by Gasteiger charge is -2.25. The molecular formula is C17H23FN2O. The summed E-state index contributed by atoms with van der Waals surface area (Å²) >= 11 is 0. The number of amides is 1. The van der Waals surface area contributed by atoms with E-state index in [-0.39, 0.29) is 17.8 Å². The van der Waals surface area contributed by atoms with Crippen molar-refractivity contribution in [3.8, 4) is 0 Å². The summed E-state index contributed by atoms with van der Waals surface area (Å²) in [7, 11) is 0. The van der Waals surface area contributed by atoms with E-state index in [4.69, 9.17) is 0 Å². The van der Waals surface area contributed by atoms with Gasteiger partial charge in [-0.15, -0.1) is 0 Å². The Bertz CT molecular complexity index is 505. The first kappa shape index (κ1) is 14.5. The molecule has 4 heteroatoms. The molecule has 1 saturated carbocycles. The lowest BCUT2D eigenvalue weighted by atomic mass is 9.85. The minimum atomic E-state index is -0.299. The number of rotatable bonds is 3. The Hall–Kier alpha value is -1.42. The van der Waals surface area contributed by atoms with Gasteiger partial charge < -0.3 is 10.2 Å². The van der Waals surface area contributed by atoms with Gasteiger partial charge in [0.1, 0.15) is 5.82 Å². The number of carbonyl (C=O) groups is 1. The van der Waals surface area contributed by atoms with E-state index in [9.17, 15) is 9.18 Å². The van der Waals surface area contributed by atoms with Gasteiger partial charge in [0.25, 0.3) is 0 Å². The topological polar surface area (TPSA) is 32.3 Å². The smallest absolute Gasteiger partial charge is 0.244 e. The first-order valence-electron chi connectivity index (χ1n) is 8.02. The Kier molecular flexibility index (Phi) is 4.24. The van der Waals surface area contributed by atoms with Crippen LogP contribution in [0.5, 0.6) is 0 Å². The fraction of sp³-hybridized carbons (Fsp3) is 0.588. The fourth-order valence-corrected chi connectivity index (χ4v) is 3.81. The number of nitrogens with one attached hydrogen (secondary N) is 1. The van der Waals surface area contributed by atoms with Crippen LogP contribution in [0.2, 0.25) is 0 Å². The lowest BCUT2D eigenvalue weighted by molar-refractivity contribution is -0.120. The number of anilines is 1. The van der Waals surface area contributed by atoms with Gasteiger partial charge >= 0.3 is 0 Å². The SMILES string of the molecule is CCN(C(=O)C1CC2CCCCC2N1)c1cccc(F)c1. The highest BCUT2D eigenvalue weighted by molar-refractivity contribution is 5.97. The van der Waals surface area contributed by atoms with Gasteiger partial charge in [-0.1, -0.05) is 18.9 Å². The van der Waals surface area contributed by atoms with Gasteiger partial charge in [-0.2, -0.15) is 0 Å². The summed E-state index contributed by atoms with van der Waals surface area (Å²) in [4.78, 5) is 14.5. The minimum Gasteiger partial charge on any atom is -0.311 e. The molecule has 3 nitrogen and oxygen atoms in total. The summed E-state index contributed by atoms with van der Waals surface area (Å²) in [5, 5.41) is 3.51. The molecule has 0 radical (unpaired) electrons. The van der Waals surface area contributed by atoms with E-state index >= 15 is 0 Å². The molecule has 3 unspecified atom stereocenters. The van der Waals surface area contributed by atoms with Crippen LogP contribution in [0, 0.1) is 11.7 Å². The summed E-state index contributed by atoms with van der Waals surface area (Å²) in [5.74, 6) is 0.420. The molecule has 2 aliphatic rings. The van der Waals surface area contributed by atoms with Crippen LogP contribution in [0.15, 0.2) is 24.3 Å². The van der Waals surface area contributed by atoms with Crippen LogP contribution >= 0.6 is 0 Å². The summed E-state index contributed by atoms with van der Waals surface area (Å²) in [6.45, 7) is 2.50. The Morgan fingerprint density at radius 1 is 1.38 bits per heavy atom. The van der Waals surface area contributed by atoms with Crippen molar-refractivity contribution >= 4 is 11.6 Å². The molecule has 1 aromatic rings. The normalized spacial score (nSPS) is 28.2. The molecule has 2 fully saturated rings. The van der Waals surface area contributed by atoms with Crippen molar-refractivity contribution in [2.75, 3.05) is 11.4 Å². The molecule has 1 N–H and O–H groups in total. The largest absolute Gasteiger partial charge is 0.311 e. The standard InChI is InChI=1S/C17H23FN2O/c1-2-20(14-8-5-7-13(18)11-14)17(21)16-10-12-6-3-4-9-15(12)19-16/h5,7-8,11-12,15-16,19H,2-4,6,9-10H2,1H3. The number of nitrogens with zero attached hydrogens (tertiary/aromatic N) is 1. The van der Waals surface area contributed by atoms with E-state index in [0.29, 0.717) is 24.2 Å². The van der Waals surface area contributed by atoms with Crippen molar-refractivity contribution in [1.29, 1.82) is 0 Å². The number of hydrogen-bond donors (Lipinski definition) is 1. The van der Waals surface area contributed by atoms with Gasteiger partial charge in [0, 0.05) is 18.3 Å². The maximum absolute atomic E-state index is 13.4. The van der Waals surface area contributed by atoms with Gasteiger partial charge in [0.2, 0.25) is 5.91 Å². The molecular weight excluding hydrogens is 267 g/mol. The molecule has 21 heavy (non-hydrogen) atoms. The Labute approximate surface area is 125 Å². The van der Waals surface area contributed by atoms with Gasteiger partial charge in [-0.25, -0.2) is 4.39 Å². The van der Waals surface area contributed by atoms with Crippen LogP contribution in [-0.4, -0.2) is 24.5 Å². The third-order valence-electron chi connectivity index (χ3n) is 4.86. The minimum absolute atomic E-state index is 0.0810. The Balaban J connectivity index is 1.74. The Morgan fingerprint density at radius 2 is 2.19 bits per heavy atom. The van der Waals surface area contributed by atoms with Gasteiger partial charge in [0.05, 0.1) is 6.04 Å². The zero-order valence-electron chi connectivity index (χ0n) is 12.5. The van der Waals surface area contributed by atoms with E-state index in [0.717, 1.165) is 6.42 Å². The van der Waals surface area contributed by atoms with E-state index in [2.05, 4.69) is 5.32 Å². The molecule has 1 aromatic carbocycles. The van der Waals surface area contributed by atoms with Crippen LogP contribution in [0.25, 0.3) is 0 Å². The van der Waals surface area contributed by atoms with E-state index in [1.165, 1.54) is 37.8 Å². The van der Waals surface area contributed by atoms with Gasteiger partial charge in [-0.05, 0) is 50.3 Å². The van der Waals surface area contributed by atoms with Crippen LogP contribution in [0.4, 0.5) is 10.1 Å². The molecule has 1 heterocycles. The predicted molar refractivity (Wildman–Crippen MR) is 81.7 cm³/mol. The van der Waals surface area contributed by atoms with Crippen LogP contribution in [-0.2, 0) is 4.79 Å². The third-order valence-corrected chi connectivity index (χ3v) is 4.86. The van der Waals surface area contributed by atoms with E-state index < -0.39 is 0 Å². The number of halogens is 1. The maximum atomic E-state index is 13.4. The van der Waals surface area contributed by atoms with Gasteiger partial charge in [0.15, 0.2) is 0 Å². The average molecular weight is 290 g/mol. The number of fused-ring (bicyclic) bond motifs is 1. The first-order chi connectivity index (χ1) is 10.2. The monoisotopic (exact) mass is 290 g/mol. The van der Waals surface area contributed by atoms with E-state index in [1.54, 1.807) is 17.0 Å². The Morgan fingerprint density at radius 3 is 2.90 bits per heavy atom. The summed E-state index contributed by atoms with van der Waals surface area (Å²) in [6, 6.07) is 6.68. The number of likely N-dealkylation sites (N-methyl/N-ethyl adjacent to an activating group) is 1. The van der Waals surface area contributed by atoms with Crippen molar-refractivity contribution in [2.45, 2.75) is 51.1 Å². The predicted octanol–water partition coefficient (Wildman–Crippen LogP) is 3.10. The molecule has 1 amide bonds. The second kappa shape index (κ2) is 6.14. The molecule has 1 aliphatic carbocycles. The third kappa shape index (κ3) is 2.95. The number of benzene rings is 1. The van der Waals surface area contributed by atoms with Crippen LogP contribution in [0.3, 0.4) is 0 Å². The number of hydrogen-bond acceptors (Lipinski definition) is 2. The highest BCUT2D eigenvalue weighted by atomic mass is 19.1. The van der Waals surface area contributed by atoms with Crippen molar-refractivity contribution in [1.82, 2.24) is 5.32 Å². The van der Waals surface area contributed by atoms with Crippen molar-refractivity contribution < 1.29 is 9.18 Å². The zero-order chi connectivity index (χ0) is 14.8. The zero-order valence-corrected chi connectivity index (χ0v) is 12.5. The van der Waals surface area contributed by atoms with Crippen LogP contribution < -0.4 is 10.2 Å². The molecule has 0 bridgehead atoms. The molecule has 1 aliphatic heterocycles. The number of carbonyl (C=O) groups excluding carboxylic acids is 1. The molecule has 114 valence electrons. The second-order valence-corrected chi connectivity index (χ2v) is 6.17. The molecule has 3 rings (SSSR count). The van der Waals surface area contributed by atoms with Crippen molar-refractivity contribution in [3.05, 3.63) is 30.1 Å².